The lowest BCUT2D eigenvalue weighted by Gasteiger charge is -2.22. The van der Waals surface area contributed by atoms with E-state index in [1.165, 1.54) is 0 Å². The number of benzene rings is 1. The molecule has 1 aliphatic rings. The average molecular weight is 339 g/mol. The molecule has 1 aromatic carbocycles. The number of aromatic nitrogens is 3. The summed E-state index contributed by atoms with van der Waals surface area (Å²) in [6.07, 6.45) is 1.79. The second-order valence-electron chi connectivity index (χ2n) is 5.73. The maximum Gasteiger partial charge on any atom is 0.316 e. The first-order chi connectivity index (χ1) is 12.3. The predicted molar refractivity (Wildman–Crippen MR) is 92.6 cm³/mol. The summed E-state index contributed by atoms with van der Waals surface area (Å²) < 4.78 is 6.92. The molecule has 3 rings (SSSR count). The molecule has 0 saturated heterocycles. The van der Waals surface area contributed by atoms with Crippen molar-refractivity contribution in [3.63, 3.8) is 0 Å². The van der Waals surface area contributed by atoms with Gasteiger partial charge in [-0.3, -0.25) is 0 Å². The van der Waals surface area contributed by atoms with E-state index in [2.05, 4.69) is 32.6 Å². The second-order valence-corrected chi connectivity index (χ2v) is 5.73. The number of nitrogens with zero attached hydrogens (tertiary/aromatic N) is 3. The van der Waals surface area contributed by atoms with Crippen molar-refractivity contribution >= 4 is 6.03 Å². The minimum absolute atomic E-state index is 0.145. The van der Waals surface area contributed by atoms with Crippen LogP contribution in [0.25, 0.3) is 0 Å². The quantitative estimate of drug-likeness (QED) is 0.829. The van der Waals surface area contributed by atoms with Gasteiger partial charge >= 0.3 is 6.03 Å². The summed E-state index contributed by atoms with van der Waals surface area (Å²) in [6, 6.07) is 9.27. The fourth-order valence-corrected chi connectivity index (χ4v) is 2.73. The molecule has 0 aliphatic carbocycles. The minimum atomic E-state index is -0.253. The highest BCUT2D eigenvalue weighted by molar-refractivity contribution is 5.74. The molecule has 2 aromatic rings. The monoisotopic (exact) mass is 339 g/mol. The molecule has 1 aliphatic heterocycles. The van der Waals surface area contributed by atoms with Crippen molar-refractivity contribution in [2.45, 2.75) is 32.0 Å². The van der Waals surface area contributed by atoms with E-state index in [4.69, 9.17) is 4.74 Å². The zero-order valence-corrected chi connectivity index (χ0v) is 14.2. The van der Waals surface area contributed by atoms with Crippen molar-refractivity contribution in [2.24, 2.45) is 0 Å². The molecule has 2 amide bonds. The number of ether oxygens (including phenoxy) is 1. The van der Waals surface area contributed by atoms with Gasteiger partial charge in [-0.15, -0.1) is 0 Å². The first-order valence-corrected chi connectivity index (χ1v) is 8.27. The van der Waals surface area contributed by atoms with E-state index in [-0.39, 0.29) is 18.6 Å². The Balaban J connectivity index is 1.53. The number of nitrogens with one attached hydrogen (secondary N) is 2. The number of urea groups is 1. The molecule has 1 unspecified atom stereocenters. The zero-order chi connectivity index (χ0) is 17.5. The summed E-state index contributed by atoms with van der Waals surface area (Å²) in [5.41, 5.74) is 0.927. The van der Waals surface area contributed by atoms with Gasteiger partial charge in [-0.05, 0) is 25.0 Å². The Labute approximate surface area is 146 Å². The molecule has 1 atom stereocenters. The minimum Gasteiger partial charge on any atom is -0.377 e. The van der Waals surface area contributed by atoms with Crippen LogP contribution in [0.5, 0.6) is 0 Å². The highest BCUT2D eigenvalue weighted by Crippen LogP contribution is 2.23. The number of hydrogen-bond acceptors (Lipinski definition) is 4. The lowest BCUT2D eigenvalue weighted by atomic mass is 10.1. The molecule has 0 radical (unpaired) electrons. The van der Waals surface area contributed by atoms with Crippen molar-refractivity contribution in [1.82, 2.24) is 25.4 Å². The molecular weight excluding hydrogens is 318 g/mol. The summed E-state index contributed by atoms with van der Waals surface area (Å²) >= 11 is 0. The molecule has 25 heavy (non-hydrogen) atoms. The number of rotatable bonds is 4. The molecule has 7 nitrogen and oxygen atoms in total. The Hall–Kier alpha value is -2.85. The number of aryl methyl sites for hydroxylation is 1. The van der Waals surface area contributed by atoms with E-state index in [0.29, 0.717) is 12.4 Å². The van der Waals surface area contributed by atoms with E-state index in [9.17, 15) is 4.79 Å². The number of fused-ring (bicyclic) bond motifs is 1. The standard InChI is InChI=1S/C18H21N5O2/c1-25-13-16-21-17-15(10-6-12-23(17)22-16)20-18(24)19-11-5-9-14-7-3-2-4-8-14/h2-4,7-8,15H,6,10-13H2,1H3,(H2,19,20,24). The van der Waals surface area contributed by atoms with Gasteiger partial charge in [0.1, 0.15) is 12.4 Å². The number of carbonyl (C=O) groups excluding carboxylic acids is 1. The van der Waals surface area contributed by atoms with Gasteiger partial charge < -0.3 is 15.4 Å². The van der Waals surface area contributed by atoms with Crippen LogP contribution in [-0.2, 0) is 17.9 Å². The van der Waals surface area contributed by atoms with E-state index in [0.717, 1.165) is 30.8 Å². The second kappa shape index (κ2) is 8.31. The van der Waals surface area contributed by atoms with E-state index < -0.39 is 0 Å². The molecule has 0 spiro atoms. The average Bonchev–Trinajstić information content (AvgIpc) is 3.04. The predicted octanol–water partition coefficient (Wildman–Crippen LogP) is 1.61. The largest absolute Gasteiger partial charge is 0.377 e. The van der Waals surface area contributed by atoms with Crippen LogP contribution in [0.3, 0.4) is 0 Å². The van der Waals surface area contributed by atoms with Gasteiger partial charge in [-0.1, -0.05) is 30.0 Å². The topological polar surface area (TPSA) is 81.1 Å². The summed E-state index contributed by atoms with van der Waals surface area (Å²) in [5, 5.41) is 10.1. The first-order valence-electron chi connectivity index (χ1n) is 8.27. The van der Waals surface area contributed by atoms with Crippen molar-refractivity contribution in [3.05, 3.63) is 47.5 Å². The zero-order valence-electron chi connectivity index (χ0n) is 14.2. The van der Waals surface area contributed by atoms with Crippen LogP contribution in [0.1, 0.15) is 36.1 Å². The van der Waals surface area contributed by atoms with Crippen LogP contribution in [0, 0.1) is 11.8 Å². The Morgan fingerprint density at radius 1 is 1.40 bits per heavy atom. The van der Waals surface area contributed by atoms with E-state index in [1.54, 1.807) is 7.11 Å². The Kier molecular flexibility index (Phi) is 5.65. The van der Waals surface area contributed by atoms with Crippen molar-refractivity contribution < 1.29 is 9.53 Å². The van der Waals surface area contributed by atoms with Gasteiger partial charge in [-0.2, -0.15) is 5.10 Å². The van der Waals surface area contributed by atoms with Crippen LogP contribution in [-0.4, -0.2) is 34.5 Å². The van der Waals surface area contributed by atoms with E-state index >= 15 is 0 Å². The Morgan fingerprint density at radius 2 is 2.24 bits per heavy atom. The summed E-state index contributed by atoms with van der Waals surface area (Å²) in [6.45, 7) is 1.47. The van der Waals surface area contributed by atoms with Crippen molar-refractivity contribution in [1.29, 1.82) is 0 Å². The number of hydrogen-bond donors (Lipinski definition) is 2. The van der Waals surface area contributed by atoms with E-state index in [1.807, 2.05) is 35.0 Å². The van der Waals surface area contributed by atoms with Crippen molar-refractivity contribution in [3.8, 4) is 11.8 Å². The van der Waals surface area contributed by atoms with Crippen LogP contribution >= 0.6 is 0 Å². The highest BCUT2D eigenvalue weighted by Gasteiger charge is 2.25. The van der Waals surface area contributed by atoms with Gasteiger partial charge in [0, 0.05) is 19.2 Å². The number of carbonyl (C=O) groups is 1. The normalized spacial score (nSPS) is 15.6. The SMILES string of the molecule is COCc1nc2n(n1)CCCC2NC(=O)NCC#Cc1ccccc1. The smallest absolute Gasteiger partial charge is 0.316 e. The molecule has 7 heteroatoms. The van der Waals surface area contributed by atoms with Crippen molar-refractivity contribution in [2.75, 3.05) is 13.7 Å². The molecule has 130 valence electrons. The summed E-state index contributed by atoms with van der Waals surface area (Å²) in [7, 11) is 1.61. The fraction of sp³-hybridized carbons (Fsp3) is 0.389. The third-order valence-corrected chi connectivity index (χ3v) is 3.84. The maximum atomic E-state index is 12.1. The molecule has 2 heterocycles. The molecule has 2 N–H and O–H groups in total. The maximum absolute atomic E-state index is 12.1. The Bertz CT molecular complexity index is 776. The van der Waals surface area contributed by atoms with Crippen LogP contribution < -0.4 is 10.6 Å². The molecule has 1 aromatic heterocycles. The van der Waals surface area contributed by atoms with Gasteiger partial charge in [0.05, 0.1) is 12.6 Å². The van der Waals surface area contributed by atoms with Gasteiger partial charge in [0.25, 0.3) is 0 Å². The molecule has 0 fully saturated rings. The summed E-state index contributed by atoms with van der Waals surface area (Å²) in [5.74, 6) is 7.36. The highest BCUT2D eigenvalue weighted by atomic mass is 16.5. The van der Waals surface area contributed by atoms with Gasteiger partial charge in [0.15, 0.2) is 5.82 Å². The lowest BCUT2D eigenvalue weighted by molar-refractivity contribution is 0.177. The Morgan fingerprint density at radius 3 is 3.04 bits per heavy atom. The number of amides is 2. The van der Waals surface area contributed by atoms with Crippen LogP contribution in [0.4, 0.5) is 4.79 Å². The fourth-order valence-electron chi connectivity index (χ4n) is 2.73. The number of methoxy groups -OCH3 is 1. The molecular formula is C18H21N5O2. The van der Waals surface area contributed by atoms with Crippen LogP contribution in [0.2, 0.25) is 0 Å². The lowest BCUT2D eigenvalue weighted by Crippen LogP contribution is -2.40. The van der Waals surface area contributed by atoms with Gasteiger partial charge in [0.2, 0.25) is 0 Å². The summed E-state index contributed by atoms with van der Waals surface area (Å²) in [4.78, 5) is 16.6. The molecule has 0 saturated carbocycles. The third kappa shape index (κ3) is 4.58. The van der Waals surface area contributed by atoms with Crippen LogP contribution in [0.15, 0.2) is 30.3 Å². The molecule has 0 bridgehead atoms. The first kappa shape index (κ1) is 17.0. The van der Waals surface area contributed by atoms with Gasteiger partial charge in [-0.25, -0.2) is 14.5 Å². The third-order valence-electron chi connectivity index (χ3n) is 3.84.